The normalized spacial score (nSPS) is 27.0. The van der Waals surface area contributed by atoms with Crippen molar-refractivity contribution in [2.45, 2.75) is 31.2 Å². The highest BCUT2D eigenvalue weighted by atomic mass is 32.2. The van der Waals surface area contributed by atoms with Crippen molar-refractivity contribution in [3.63, 3.8) is 0 Å². The van der Waals surface area contributed by atoms with Crippen LogP contribution in [0.25, 0.3) is 0 Å². The molecule has 0 unspecified atom stereocenters. The van der Waals surface area contributed by atoms with Gasteiger partial charge in [0.1, 0.15) is 0 Å². The summed E-state index contributed by atoms with van der Waals surface area (Å²) in [7, 11) is -3.60. The Balaban J connectivity index is 1.84. The molecule has 2 atom stereocenters. The van der Waals surface area contributed by atoms with Crippen LogP contribution in [0.2, 0.25) is 0 Å². The third kappa shape index (κ3) is 3.38. The lowest BCUT2D eigenvalue weighted by atomic mass is 9.88. The SMILES string of the molecule is CC(C)S(=O)(=O)N1C[C@H](C(=O)NCc2cccs2)[C@@]2(C1)OCCNC2=O. The Labute approximate surface area is 156 Å². The summed E-state index contributed by atoms with van der Waals surface area (Å²) in [4.78, 5) is 26.4. The van der Waals surface area contributed by atoms with Crippen LogP contribution in [0.4, 0.5) is 0 Å². The van der Waals surface area contributed by atoms with E-state index in [2.05, 4.69) is 10.6 Å². The molecular weight excluding hydrogens is 378 g/mol. The maximum absolute atomic E-state index is 12.8. The Morgan fingerprint density at radius 3 is 2.92 bits per heavy atom. The fraction of sp³-hybridized carbons (Fsp3) is 0.625. The van der Waals surface area contributed by atoms with Crippen molar-refractivity contribution in [2.24, 2.45) is 5.92 Å². The van der Waals surface area contributed by atoms with Gasteiger partial charge in [0, 0.05) is 18.0 Å². The van der Waals surface area contributed by atoms with Crippen LogP contribution in [0.3, 0.4) is 0 Å². The lowest BCUT2D eigenvalue weighted by Crippen LogP contribution is -2.62. The molecule has 2 saturated heterocycles. The molecule has 2 fully saturated rings. The average molecular weight is 402 g/mol. The number of nitrogens with zero attached hydrogens (tertiary/aromatic N) is 1. The zero-order chi connectivity index (χ0) is 18.9. The number of morpholine rings is 1. The molecule has 2 amide bonds. The van der Waals surface area contributed by atoms with E-state index < -0.39 is 32.7 Å². The first-order chi connectivity index (χ1) is 12.3. The number of nitrogens with one attached hydrogen (secondary N) is 2. The van der Waals surface area contributed by atoms with Crippen molar-refractivity contribution in [1.82, 2.24) is 14.9 Å². The van der Waals surface area contributed by atoms with Gasteiger partial charge in [0.25, 0.3) is 5.91 Å². The summed E-state index contributed by atoms with van der Waals surface area (Å²) >= 11 is 1.51. The summed E-state index contributed by atoms with van der Waals surface area (Å²) in [6.07, 6.45) is 0. The van der Waals surface area contributed by atoms with Gasteiger partial charge in [-0.1, -0.05) is 6.07 Å². The van der Waals surface area contributed by atoms with Gasteiger partial charge in [-0.25, -0.2) is 8.42 Å². The van der Waals surface area contributed by atoms with Crippen molar-refractivity contribution in [3.05, 3.63) is 22.4 Å². The first-order valence-corrected chi connectivity index (χ1v) is 10.9. The van der Waals surface area contributed by atoms with Crippen LogP contribution in [0.15, 0.2) is 17.5 Å². The highest BCUT2D eigenvalue weighted by molar-refractivity contribution is 7.89. The molecule has 0 bridgehead atoms. The molecule has 1 aromatic heterocycles. The molecule has 10 heteroatoms. The van der Waals surface area contributed by atoms with Gasteiger partial charge in [-0.3, -0.25) is 9.59 Å². The van der Waals surface area contributed by atoms with Crippen LogP contribution >= 0.6 is 11.3 Å². The molecule has 3 heterocycles. The molecule has 0 radical (unpaired) electrons. The zero-order valence-corrected chi connectivity index (χ0v) is 16.4. The molecule has 0 saturated carbocycles. The van der Waals surface area contributed by atoms with E-state index in [0.29, 0.717) is 13.1 Å². The minimum atomic E-state index is -3.60. The lowest BCUT2D eigenvalue weighted by Gasteiger charge is -2.36. The average Bonchev–Trinajstić information content (AvgIpc) is 3.24. The fourth-order valence-electron chi connectivity index (χ4n) is 3.27. The predicted molar refractivity (Wildman–Crippen MR) is 97.0 cm³/mol. The van der Waals surface area contributed by atoms with Gasteiger partial charge in [-0.15, -0.1) is 11.3 Å². The van der Waals surface area contributed by atoms with E-state index in [1.807, 2.05) is 17.5 Å². The number of hydrogen-bond acceptors (Lipinski definition) is 6. The van der Waals surface area contributed by atoms with E-state index >= 15 is 0 Å². The Kier molecular flexibility index (Phi) is 5.38. The van der Waals surface area contributed by atoms with Gasteiger partial charge in [-0.05, 0) is 25.3 Å². The van der Waals surface area contributed by atoms with Gasteiger partial charge in [0.15, 0.2) is 5.60 Å². The molecule has 2 aliphatic heterocycles. The minimum Gasteiger partial charge on any atom is -0.361 e. The van der Waals surface area contributed by atoms with E-state index in [0.717, 1.165) is 4.88 Å². The molecule has 144 valence electrons. The largest absolute Gasteiger partial charge is 0.361 e. The lowest BCUT2D eigenvalue weighted by molar-refractivity contribution is -0.163. The number of sulfonamides is 1. The van der Waals surface area contributed by atoms with E-state index in [-0.39, 0.29) is 25.6 Å². The van der Waals surface area contributed by atoms with Crippen LogP contribution in [-0.2, 0) is 30.9 Å². The van der Waals surface area contributed by atoms with Crippen LogP contribution in [0.1, 0.15) is 18.7 Å². The molecule has 0 aliphatic carbocycles. The van der Waals surface area contributed by atoms with E-state index in [4.69, 9.17) is 4.74 Å². The number of carbonyl (C=O) groups excluding carboxylic acids is 2. The minimum absolute atomic E-state index is 0.0653. The second-order valence-electron chi connectivity index (χ2n) is 6.73. The van der Waals surface area contributed by atoms with E-state index in [1.165, 1.54) is 15.6 Å². The number of rotatable bonds is 5. The number of hydrogen-bond donors (Lipinski definition) is 2. The first kappa shape index (κ1) is 19.3. The second kappa shape index (κ2) is 7.26. The first-order valence-electron chi connectivity index (χ1n) is 8.48. The number of carbonyl (C=O) groups is 2. The Morgan fingerprint density at radius 2 is 2.31 bits per heavy atom. The van der Waals surface area contributed by atoms with E-state index in [9.17, 15) is 18.0 Å². The van der Waals surface area contributed by atoms with Gasteiger partial charge in [0.2, 0.25) is 15.9 Å². The smallest absolute Gasteiger partial charge is 0.254 e. The van der Waals surface area contributed by atoms with Crippen molar-refractivity contribution >= 4 is 33.2 Å². The van der Waals surface area contributed by atoms with Crippen LogP contribution in [0.5, 0.6) is 0 Å². The molecule has 2 aliphatic rings. The third-order valence-electron chi connectivity index (χ3n) is 4.78. The summed E-state index contributed by atoms with van der Waals surface area (Å²) in [5, 5.41) is 6.79. The molecule has 1 aromatic rings. The molecule has 8 nitrogen and oxygen atoms in total. The van der Waals surface area contributed by atoms with Gasteiger partial charge in [0.05, 0.1) is 30.9 Å². The van der Waals surface area contributed by atoms with Gasteiger partial charge >= 0.3 is 0 Å². The molecule has 1 spiro atoms. The molecule has 26 heavy (non-hydrogen) atoms. The summed E-state index contributed by atoms with van der Waals surface area (Å²) in [6, 6.07) is 3.78. The quantitative estimate of drug-likeness (QED) is 0.718. The van der Waals surface area contributed by atoms with Crippen molar-refractivity contribution in [3.8, 4) is 0 Å². The Morgan fingerprint density at radius 1 is 1.54 bits per heavy atom. The summed E-state index contributed by atoms with van der Waals surface area (Å²) in [5.74, 6) is -1.70. The Bertz CT molecular complexity index is 778. The molecular formula is C16H23N3O5S2. The summed E-state index contributed by atoms with van der Waals surface area (Å²) in [5.41, 5.74) is -1.47. The monoisotopic (exact) mass is 401 g/mol. The van der Waals surface area contributed by atoms with Gasteiger partial charge < -0.3 is 15.4 Å². The zero-order valence-electron chi connectivity index (χ0n) is 14.7. The fourth-order valence-corrected chi connectivity index (χ4v) is 5.24. The third-order valence-corrected chi connectivity index (χ3v) is 7.85. The predicted octanol–water partition coefficient (Wildman–Crippen LogP) is -0.0805. The maximum atomic E-state index is 12.8. The molecule has 3 rings (SSSR count). The van der Waals surface area contributed by atoms with Crippen LogP contribution in [0, 0.1) is 5.92 Å². The maximum Gasteiger partial charge on any atom is 0.254 e. The number of amides is 2. The van der Waals surface area contributed by atoms with Gasteiger partial charge in [-0.2, -0.15) is 4.31 Å². The van der Waals surface area contributed by atoms with Crippen molar-refractivity contribution < 1.29 is 22.7 Å². The summed E-state index contributed by atoms with van der Waals surface area (Å²) < 4.78 is 32.1. The number of ether oxygens (including phenoxy) is 1. The summed E-state index contributed by atoms with van der Waals surface area (Å²) in [6.45, 7) is 3.88. The van der Waals surface area contributed by atoms with E-state index in [1.54, 1.807) is 13.8 Å². The van der Waals surface area contributed by atoms with Crippen molar-refractivity contribution in [1.29, 1.82) is 0 Å². The highest BCUT2D eigenvalue weighted by Crippen LogP contribution is 2.36. The highest BCUT2D eigenvalue weighted by Gasteiger charge is 2.59. The molecule has 0 aromatic carbocycles. The van der Waals surface area contributed by atoms with Crippen molar-refractivity contribution in [2.75, 3.05) is 26.2 Å². The topological polar surface area (TPSA) is 105 Å². The second-order valence-corrected chi connectivity index (χ2v) is 10.3. The Hall–Kier alpha value is -1.49. The standard InChI is InChI=1S/C16H23N3O5S2/c1-11(2)26(22,23)19-9-13(14(20)18-8-12-4-3-7-25-12)16(10-19)15(21)17-5-6-24-16/h3-4,7,11,13H,5-6,8-10H2,1-2H3,(H,17,21)(H,18,20)/t13-,16-/m1/s1. The van der Waals surface area contributed by atoms with Crippen LogP contribution in [-0.4, -0.2) is 61.6 Å². The van der Waals surface area contributed by atoms with Crippen LogP contribution < -0.4 is 10.6 Å². The number of thiophene rings is 1. The molecule has 2 N–H and O–H groups in total.